The Hall–Kier alpha value is -1.31. The van der Waals surface area contributed by atoms with Crippen LogP contribution in [-0.2, 0) is 9.59 Å². The molecule has 2 N–H and O–H groups in total. The van der Waals surface area contributed by atoms with Crippen molar-refractivity contribution in [2.75, 3.05) is 32.5 Å². The Balaban J connectivity index is 2.41. The maximum Gasteiger partial charge on any atom is 0.242 e. The first-order valence-corrected chi connectivity index (χ1v) is 6.55. The van der Waals surface area contributed by atoms with Gasteiger partial charge in [0.1, 0.15) is 0 Å². The third-order valence-electron chi connectivity index (χ3n) is 2.37. The SMILES string of the molecule is CNC(=O)CN(C)C(=O)CNc1ccc(I)cc1. The second-order valence-electron chi connectivity index (χ2n) is 3.78. The van der Waals surface area contributed by atoms with E-state index in [1.807, 2.05) is 24.3 Å². The van der Waals surface area contributed by atoms with Gasteiger partial charge in [0.2, 0.25) is 11.8 Å². The van der Waals surface area contributed by atoms with Gasteiger partial charge in [-0.1, -0.05) is 0 Å². The van der Waals surface area contributed by atoms with Gasteiger partial charge in [-0.25, -0.2) is 0 Å². The van der Waals surface area contributed by atoms with Gasteiger partial charge in [-0.2, -0.15) is 0 Å². The fraction of sp³-hybridized carbons (Fsp3) is 0.333. The molecule has 98 valence electrons. The number of hydrogen-bond acceptors (Lipinski definition) is 3. The largest absolute Gasteiger partial charge is 0.376 e. The number of nitrogens with one attached hydrogen (secondary N) is 2. The van der Waals surface area contributed by atoms with Crippen LogP contribution in [0.15, 0.2) is 24.3 Å². The lowest BCUT2D eigenvalue weighted by Gasteiger charge is -2.16. The molecule has 0 atom stereocenters. The van der Waals surface area contributed by atoms with Crippen molar-refractivity contribution in [2.45, 2.75) is 0 Å². The Morgan fingerprint density at radius 2 is 1.89 bits per heavy atom. The number of nitrogens with zero attached hydrogens (tertiary/aromatic N) is 1. The summed E-state index contributed by atoms with van der Waals surface area (Å²) in [4.78, 5) is 24.2. The Kier molecular flexibility index (Phi) is 5.90. The first-order valence-electron chi connectivity index (χ1n) is 5.47. The second kappa shape index (κ2) is 7.20. The third kappa shape index (κ3) is 4.91. The van der Waals surface area contributed by atoms with E-state index >= 15 is 0 Å². The molecule has 6 heteroatoms. The van der Waals surface area contributed by atoms with Gasteiger partial charge < -0.3 is 15.5 Å². The Morgan fingerprint density at radius 3 is 2.44 bits per heavy atom. The molecule has 0 radical (unpaired) electrons. The van der Waals surface area contributed by atoms with E-state index in [-0.39, 0.29) is 24.9 Å². The van der Waals surface area contributed by atoms with E-state index in [1.165, 1.54) is 4.90 Å². The van der Waals surface area contributed by atoms with E-state index in [1.54, 1.807) is 14.1 Å². The lowest BCUT2D eigenvalue weighted by atomic mass is 10.3. The normalized spacial score (nSPS) is 9.72. The molecule has 2 amide bonds. The van der Waals surface area contributed by atoms with E-state index in [4.69, 9.17) is 0 Å². The Bertz CT molecular complexity index is 420. The lowest BCUT2D eigenvalue weighted by Crippen LogP contribution is -2.39. The molecule has 0 spiro atoms. The van der Waals surface area contributed by atoms with Crippen molar-refractivity contribution >= 4 is 40.1 Å². The minimum Gasteiger partial charge on any atom is -0.376 e. The summed E-state index contributed by atoms with van der Waals surface area (Å²) in [6.07, 6.45) is 0. The van der Waals surface area contributed by atoms with E-state index in [0.717, 1.165) is 9.26 Å². The number of benzene rings is 1. The molecule has 0 saturated heterocycles. The molecule has 0 saturated carbocycles. The highest BCUT2D eigenvalue weighted by atomic mass is 127. The van der Waals surface area contributed by atoms with Crippen LogP contribution < -0.4 is 10.6 Å². The van der Waals surface area contributed by atoms with E-state index in [9.17, 15) is 9.59 Å². The molecular weight excluding hydrogens is 345 g/mol. The quantitative estimate of drug-likeness (QED) is 0.767. The van der Waals surface area contributed by atoms with Gasteiger partial charge >= 0.3 is 0 Å². The van der Waals surface area contributed by atoms with Crippen LogP contribution in [0.5, 0.6) is 0 Å². The average Bonchev–Trinajstić information content (AvgIpc) is 2.37. The molecule has 1 aromatic rings. The summed E-state index contributed by atoms with van der Waals surface area (Å²) in [5.74, 6) is -0.308. The highest BCUT2D eigenvalue weighted by molar-refractivity contribution is 14.1. The summed E-state index contributed by atoms with van der Waals surface area (Å²) < 4.78 is 1.14. The van der Waals surface area contributed by atoms with Gasteiger partial charge in [0.05, 0.1) is 13.1 Å². The molecule has 0 unspecified atom stereocenters. The van der Waals surface area contributed by atoms with Crippen molar-refractivity contribution in [3.05, 3.63) is 27.8 Å². The highest BCUT2D eigenvalue weighted by Crippen LogP contribution is 2.10. The second-order valence-corrected chi connectivity index (χ2v) is 5.03. The molecule has 0 aliphatic carbocycles. The van der Waals surface area contributed by atoms with Gasteiger partial charge in [-0.15, -0.1) is 0 Å². The fourth-order valence-corrected chi connectivity index (χ4v) is 1.62. The molecule has 5 nitrogen and oxygen atoms in total. The zero-order valence-corrected chi connectivity index (χ0v) is 12.5. The van der Waals surface area contributed by atoms with Crippen LogP contribution >= 0.6 is 22.6 Å². The van der Waals surface area contributed by atoms with Crippen molar-refractivity contribution < 1.29 is 9.59 Å². The van der Waals surface area contributed by atoms with Gasteiger partial charge in [0, 0.05) is 23.4 Å². The first kappa shape index (κ1) is 14.7. The van der Waals surface area contributed by atoms with Crippen molar-refractivity contribution in [2.24, 2.45) is 0 Å². The summed E-state index contributed by atoms with van der Waals surface area (Å²) in [5, 5.41) is 5.49. The third-order valence-corrected chi connectivity index (χ3v) is 3.09. The van der Waals surface area contributed by atoms with Gasteiger partial charge in [-0.05, 0) is 46.9 Å². The zero-order valence-electron chi connectivity index (χ0n) is 10.4. The van der Waals surface area contributed by atoms with Crippen molar-refractivity contribution in [3.63, 3.8) is 0 Å². The van der Waals surface area contributed by atoms with Crippen molar-refractivity contribution in [3.8, 4) is 0 Å². The molecule has 0 heterocycles. The summed E-state index contributed by atoms with van der Waals surface area (Å²) in [6.45, 7) is 0.248. The average molecular weight is 361 g/mol. The Morgan fingerprint density at radius 1 is 1.28 bits per heavy atom. The molecule has 1 rings (SSSR count). The van der Waals surface area contributed by atoms with Crippen LogP contribution in [0.1, 0.15) is 0 Å². The van der Waals surface area contributed by atoms with Crippen LogP contribution in [-0.4, -0.2) is 43.9 Å². The van der Waals surface area contributed by atoms with E-state index < -0.39 is 0 Å². The van der Waals surface area contributed by atoms with Crippen LogP contribution in [0.3, 0.4) is 0 Å². The standard InChI is InChI=1S/C12H16IN3O2/c1-14-11(17)8-16(2)12(18)7-15-10-5-3-9(13)4-6-10/h3-6,15H,7-8H2,1-2H3,(H,14,17). The van der Waals surface area contributed by atoms with Gasteiger partial charge in [0.15, 0.2) is 0 Å². The number of rotatable bonds is 5. The lowest BCUT2D eigenvalue weighted by molar-refractivity contribution is -0.133. The van der Waals surface area contributed by atoms with Crippen LogP contribution in [0, 0.1) is 3.57 Å². The highest BCUT2D eigenvalue weighted by Gasteiger charge is 2.11. The van der Waals surface area contributed by atoms with E-state index in [0.29, 0.717) is 0 Å². The van der Waals surface area contributed by atoms with Crippen LogP contribution in [0.25, 0.3) is 0 Å². The number of halogens is 1. The number of anilines is 1. The summed E-state index contributed by atoms with van der Waals surface area (Å²) in [6, 6.07) is 7.74. The molecule has 0 aliphatic heterocycles. The number of amides is 2. The van der Waals surface area contributed by atoms with Crippen molar-refractivity contribution in [1.29, 1.82) is 0 Å². The predicted octanol–water partition coefficient (Wildman–Crippen LogP) is 0.907. The van der Waals surface area contributed by atoms with Gasteiger partial charge in [0.25, 0.3) is 0 Å². The smallest absolute Gasteiger partial charge is 0.242 e. The monoisotopic (exact) mass is 361 g/mol. The number of carbonyl (C=O) groups excluding carboxylic acids is 2. The molecule has 0 fully saturated rings. The molecular formula is C12H16IN3O2. The molecule has 0 aliphatic rings. The summed E-state index contributed by atoms with van der Waals surface area (Å²) >= 11 is 2.22. The number of hydrogen-bond donors (Lipinski definition) is 2. The first-order chi connectivity index (χ1) is 8.52. The topological polar surface area (TPSA) is 61.4 Å². The van der Waals surface area contributed by atoms with Crippen LogP contribution in [0.4, 0.5) is 5.69 Å². The minimum absolute atomic E-state index is 0.0731. The summed E-state index contributed by atoms with van der Waals surface area (Å²) in [5.41, 5.74) is 0.886. The predicted molar refractivity (Wildman–Crippen MR) is 79.4 cm³/mol. The van der Waals surface area contributed by atoms with Crippen molar-refractivity contribution in [1.82, 2.24) is 10.2 Å². The molecule has 0 aromatic heterocycles. The summed E-state index contributed by atoms with van der Waals surface area (Å²) in [7, 11) is 3.15. The van der Waals surface area contributed by atoms with Gasteiger partial charge in [-0.3, -0.25) is 9.59 Å². The maximum absolute atomic E-state index is 11.7. The minimum atomic E-state index is -0.180. The Labute approximate surface area is 120 Å². The molecule has 1 aromatic carbocycles. The number of carbonyl (C=O) groups is 2. The molecule has 0 bridgehead atoms. The van der Waals surface area contributed by atoms with E-state index in [2.05, 4.69) is 33.2 Å². The van der Waals surface area contributed by atoms with Crippen LogP contribution in [0.2, 0.25) is 0 Å². The molecule has 18 heavy (non-hydrogen) atoms. The zero-order chi connectivity index (χ0) is 13.5. The maximum atomic E-state index is 11.7. The fourth-order valence-electron chi connectivity index (χ4n) is 1.26. The number of likely N-dealkylation sites (N-methyl/N-ethyl adjacent to an activating group) is 2.